The van der Waals surface area contributed by atoms with Crippen LogP contribution in [-0.4, -0.2) is 14.7 Å². The van der Waals surface area contributed by atoms with Crippen molar-refractivity contribution in [2.24, 2.45) is 0 Å². The molecule has 2 heterocycles. The Kier molecular flexibility index (Phi) is 3.49. The average molecular weight is 388 g/mol. The Hall–Kier alpha value is -1.08. The molecular formula is C13H11ClIN3O. The first-order chi connectivity index (χ1) is 9.17. The number of hydrogen-bond donors (Lipinski definition) is 0. The number of halogens is 2. The fourth-order valence-electron chi connectivity index (χ4n) is 2.09. The van der Waals surface area contributed by atoms with E-state index in [-0.39, 0.29) is 0 Å². The van der Waals surface area contributed by atoms with Crippen molar-refractivity contribution in [1.29, 1.82) is 0 Å². The molecule has 0 spiro atoms. The molecule has 1 aromatic carbocycles. The lowest BCUT2D eigenvalue weighted by atomic mass is 10.3. The van der Waals surface area contributed by atoms with Crippen LogP contribution in [0.5, 0.6) is 0 Å². The van der Waals surface area contributed by atoms with Crippen LogP contribution in [0.15, 0.2) is 28.8 Å². The van der Waals surface area contributed by atoms with Crippen LogP contribution in [0, 0.1) is 10.5 Å². The SMILES string of the molecule is Cc1cc(Cn2c(CCl)nc3cc(I)ccc32)no1. The number of imidazole rings is 1. The molecule has 0 N–H and O–H groups in total. The summed E-state index contributed by atoms with van der Waals surface area (Å²) in [4.78, 5) is 4.56. The topological polar surface area (TPSA) is 43.9 Å². The second-order valence-corrected chi connectivity index (χ2v) is 5.82. The third-order valence-corrected chi connectivity index (χ3v) is 3.82. The Labute approximate surface area is 128 Å². The molecule has 4 nitrogen and oxygen atoms in total. The number of hydrogen-bond acceptors (Lipinski definition) is 3. The van der Waals surface area contributed by atoms with E-state index in [1.165, 1.54) is 0 Å². The molecule has 0 atom stereocenters. The van der Waals surface area contributed by atoms with Crippen LogP contribution in [-0.2, 0) is 12.4 Å². The van der Waals surface area contributed by atoms with Gasteiger partial charge in [-0.1, -0.05) is 5.16 Å². The predicted molar refractivity (Wildman–Crippen MR) is 82.3 cm³/mol. The van der Waals surface area contributed by atoms with Crippen molar-refractivity contribution < 1.29 is 4.52 Å². The van der Waals surface area contributed by atoms with Gasteiger partial charge >= 0.3 is 0 Å². The van der Waals surface area contributed by atoms with Gasteiger partial charge in [0.1, 0.15) is 17.3 Å². The summed E-state index contributed by atoms with van der Waals surface area (Å²) in [5, 5.41) is 4.02. The van der Waals surface area contributed by atoms with Gasteiger partial charge in [-0.3, -0.25) is 0 Å². The molecule has 0 fully saturated rings. The van der Waals surface area contributed by atoms with Crippen molar-refractivity contribution >= 4 is 45.2 Å². The summed E-state index contributed by atoms with van der Waals surface area (Å²) in [6, 6.07) is 8.10. The lowest BCUT2D eigenvalue weighted by Gasteiger charge is -2.04. The molecule has 0 saturated heterocycles. The van der Waals surface area contributed by atoms with E-state index in [9.17, 15) is 0 Å². The molecular weight excluding hydrogens is 377 g/mol. The van der Waals surface area contributed by atoms with Crippen molar-refractivity contribution in [2.75, 3.05) is 0 Å². The van der Waals surface area contributed by atoms with Crippen LogP contribution in [0.25, 0.3) is 11.0 Å². The Morgan fingerprint density at radius 3 is 2.89 bits per heavy atom. The van der Waals surface area contributed by atoms with Crippen LogP contribution < -0.4 is 0 Å². The smallest absolute Gasteiger partial charge is 0.133 e. The minimum Gasteiger partial charge on any atom is -0.361 e. The summed E-state index contributed by atoms with van der Waals surface area (Å²) in [6.45, 7) is 2.50. The zero-order valence-electron chi connectivity index (χ0n) is 10.2. The molecule has 0 bridgehead atoms. The molecule has 3 rings (SSSR count). The van der Waals surface area contributed by atoms with E-state index in [0.717, 1.165) is 31.9 Å². The number of benzene rings is 1. The van der Waals surface area contributed by atoms with Crippen molar-refractivity contribution in [1.82, 2.24) is 14.7 Å². The van der Waals surface area contributed by atoms with Crippen molar-refractivity contribution in [3.05, 3.63) is 45.1 Å². The van der Waals surface area contributed by atoms with E-state index in [1.807, 2.05) is 13.0 Å². The minimum absolute atomic E-state index is 0.377. The van der Waals surface area contributed by atoms with Crippen molar-refractivity contribution in [3.8, 4) is 0 Å². The van der Waals surface area contributed by atoms with E-state index in [4.69, 9.17) is 16.1 Å². The fourth-order valence-corrected chi connectivity index (χ4v) is 2.76. The summed E-state index contributed by atoms with van der Waals surface area (Å²) < 4.78 is 8.34. The molecule has 0 aliphatic rings. The lowest BCUT2D eigenvalue weighted by molar-refractivity contribution is 0.389. The van der Waals surface area contributed by atoms with Crippen LogP contribution in [0.2, 0.25) is 0 Å². The highest BCUT2D eigenvalue weighted by Gasteiger charge is 2.12. The maximum atomic E-state index is 5.99. The van der Waals surface area contributed by atoms with Crippen LogP contribution in [0.4, 0.5) is 0 Å². The standard InChI is InChI=1S/C13H11ClIN3O/c1-8-4-10(17-19-8)7-18-12-3-2-9(15)5-11(12)16-13(18)6-14/h2-5H,6-7H2,1H3. The second kappa shape index (κ2) is 5.13. The highest BCUT2D eigenvalue weighted by atomic mass is 127. The van der Waals surface area contributed by atoms with Crippen LogP contribution in [0.1, 0.15) is 17.3 Å². The molecule has 0 unspecified atom stereocenters. The zero-order valence-corrected chi connectivity index (χ0v) is 13.1. The van der Waals surface area contributed by atoms with Gasteiger partial charge in [0.05, 0.1) is 23.5 Å². The summed E-state index contributed by atoms with van der Waals surface area (Å²) in [5.74, 6) is 2.03. The van der Waals surface area contributed by atoms with Crippen molar-refractivity contribution in [2.45, 2.75) is 19.3 Å². The van der Waals surface area contributed by atoms with Gasteiger partial charge in [0.2, 0.25) is 0 Å². The van der Waals surface area contributed by atoms with E-state index in [0.29, 0.717) is 12.4 Å². The number of rotatable bonds is 3. The minimum atomic E-state index is 0.377. The molecule has 0 radical (unpaired) electrons. The number of nitrogens with zero attached hydrogens (tertiary/aromatic N) is 3. The molecule has 0 amide bonds. The van der Waals surface area contributed by atoms with Gasteiger partial charge in [-0.05, 0) is 47.7 Å². The van der Waals surface area contributed by atoms with Gasteiger partial charge in [0.25, 0.3) is 0 Å². The zero-order chi connectivity index (χ0) is 13.4. The predicted octanol–water partition coefficient (Wildman–Crippen LogP) is 3.72. The molecule has 3 aromatic rings. The van der Waals surface area contributed by atoms with Gasteiger partial charge in [0, 0.05) is 9.64 Å². The maximum Gasteiger partial charge on any atom is 0.133 e. The number of alkyl halides is 1. The molecule has 0 aliphatic heterocycles. The summed E-state index contributed by atoms with van der Waals surface area (Å²) in [6.07, 6.45) is 0. The van der Waals surface area contributed by atoms with Gasteiger partial charge in [0.15, 0.2) is 0 Å². The van der Waals surface area contributed by atoms with Gasteiger partial charge < -0.3 is 9.09 Å². The highest BCUT2D eigenvalue weighted by molar-refractivity contribution is 14.1. The van der Waals surface area contributed by atoms with Crippen LogP contribution in [0.3, 0.4) is 0 Å². The largest absolute Gasteiger partial charge is 0.361 e. The van der Waals surface area contributed by atoms with E-state index in [1.54, 1.807) is 0 Å². The van der Waals surface area contributed by atoms with Crippen molar-refractivity contribution in [3.63, 3.8) is 0 Å². The third kappa shape index (κ3) is 2.49. The first kappa shape index (κ1) is 12.9. The fraction of sp³-hybridized carbons (Fsp3) is 0.231. The van der Waals surface area contributed by atoms with E-state index < -0.39 is 0 Å². The number of aromatic nitrogens is 3. The summed E-state index contributed by atoms with van der Waals surface area (Å²) >= 11 is 8.26. The van der Waals surface area contributed by atoms with Crippen LogP contribution >= 0.6 is 34.2 Å². The Morgan fingerprint density at radius 2 is 2.21 bits per heavy atom. The number of fused-ring (bicyclic) bond motifs is 1. The molecule has 0 saturated carbocycles. The molecule has 98 valence electrons. The van der Waals surface area contributed by atoms with E-state index in [2.05, 4.69) is 55.5 Å². The lowest BCUT2D eigenvalue weighted by Crippen LogP contribution is -2.04. The maximum absolute atomic E-state index is 5.99. The Morgan fingerprint density at radius 1 is 1.37 bits per heavy atom. The average Bonchev–Trinajstić information content (AvgIpc) is 2.94. The molecule has 2 aromatic heterocycles. The van der Waals surface area contributed by atoms with E-state index >= 15 is 0 Å². The van der Waals surface area contributed by atoms with Gasteiger partial charge in [-0.2, -0.15) is 0 Å². The quantitative estimate of drug-likeness (QED) is 0.508. The number of aryl methyl sites for hydroxylation is 1. The summed E-state index contributed by atoms with van der Waals surface area (Å²) in [7, 11) is 0. The van der Waals surface area contributed by atoms with Gasteiger partial charge in [-0.25, -0.2) is 4.98 Å². The highest BCUT2D eigenvalue weighted by Crippen LogP contribution is 2.21. The Bertz CT molecular complexity index is 735. The molecule has 6 heteroatoms. The first-order valence-corrected chi connectivity index (χ1v) is 7.41. The Balaban J connectivity index is 2.10. The normalized spacial score (nSPS) is 11.3. The first-order valence-electron chi connectivity index (χ1n) is 5.80. The second-order valence-electron chi connectivity index (χ2n) is 4.31. The third-order valence-electron chi connectivity index (χ3n) is 2.91. The monoisotopic (exact) mass is 387 g/mol. The molecule has 0 aliphatic carbocycles. The van der Waals surface area contributed by atoms with Gasteiger partial charge in [-0.15, -0.1) is 11.6 Å². The summed E-state index contributed by atoms with van der Waals surface area (Å²) in [5.41, 5.74) is 2.90. The molecule has 19 heavy (non-hydrogen) atoms.